The van der Waals surface area contributed by atoms with Crippen LogP contribution in [0.1, 0.15) is 43.7 Å². The van der Waals surface area contributed by atoms with Gasteiger partial charge in [-0.05, 0) is 61.9 Å². The normalized spacial score (nSPS) is 21.7. The predicted molar refractivity (Wildman–Crippen MR) is 131 cm³/mol. The zero-order valence-corrected chi connectivity index (χ0v) is 19.8. The molecule has 0 radical (unpaired) electrons. The van der Waals surface area contributed by atoms with Gasteiger partial charge in [0.1, 0.15) is 18.4 Å². The Morgan fingerprint density at radius 2 is 1.91 bits per heavy atom. The van der Waals surface area contributed by atoms with Crippen LogP contribution in [0.2, 0.25) is 0 Å². The van der Waals surface area contributed by atoms with Crippen LogP contribution in [0.25, 0.3) is 22.2 Å². The van der Waals surface area contributed by atoms with E-state index in [0.717, 1.165) is 60.2 Å². The van der Waals surface area contributed by atoms with E-state index in [4.69, 9.17) is 9.47 Å². The van der Waals surface area contributed by atoms with Crippen LogP contribution in [0.15, 0.2) is 42.5 Å². The Kier molecular flexibility index (Phi) is 5.27. The van der Waals surface area contributed by atoms with Gasteiger partial charge >= 0.3 is 0 Å². The third-order valence-corrected chi connectivity index (χ3v) is 8.86. The summed E-state index contributed by atoms with van der Waals surface area (Å²) in [4.78, 5) is 0. The minimum Gasteiger partial charge on any atom is -0.491 e. The second-order valence-electron chi connectivity index (χ2n) is 9.35. The minimum atomic E-state index is -3.23. The molecule has 0 N–H and O–H groups in total. The van der Waals surface area contributed by atoms with E-state index in [1.807, 2.05) is 42.5 Å². The van der Waals surface area contributed by atoms with Gasteiger partial charge in [0.05, 0.1) is 34.3 Å². The van der Waals surface area contributed by atoms with E-state index in [9.17, 15) is 13.7 Å². The van der Waals surface area contributed by atoms with Crippen LogP contribution >= 0.6 is 0 Å². The highest BCUT2D eigenvalue weighted by Gasteiger charge is 2.32. The zero-order valence-electron chi connectivity index (χ0n) is 18.9. The summed E-state index contributed by atoms with van der Waals surface area (Å²) in [7, 11) is -3.23. The average molecular weight is 478 g/mol. The van der Waals surface area contributed by atoms with Crippen molar-refractivity contribution in [3.05, 3.63) is 48.0 Å². The highest BCUT2D eigenvalue weighted by atomic mass is 32.2. The molecule has 0 spiro atoms. The van der Waals surface area contributed by atoms with Crippen molar-refractivity contribution < 1.29 is 17.9 Å². The zero-order chi connectivity index (χ0) is 23.3. The number of rotatable bonds is 6. The number of ether oxygens (including phenoxy) is 2. The van der Waals surface area contributed by atoms with Crippen LogP contribution in [0.5, 0.6) is 5.75 Å². The number of fused-ring (bicyclic) bond motifs is 1. The molecule has 0 bridgehead atoms. The van der Waals surface area contributed by atoms with Crippen molar-refractivity contribution in [3.8, 4) is 23.1 Å². The third-order valence-electron chi connectivity index (χ3n) is 6.99. The molecule has 1 aliphatic carbocycles. The molecule has 176 valence electrons. The lowest BCUT2D eigenvalue weighted by atomic mass is 10.1. The maximum atomic E-state index is 12.3. The third kappa shape index (κ3) is 3.73. The SMILES string of the molecule is N#Cc1c(-c2ccc(N3CCCS3(=O)=O)cc2)n(C2CC2)c2cc(OCC3CCCO3)ccc12. The fraction of sp³-hybridized carbons (Fsp3) is 0.423. The molecule has 7 nitrogen and oxygen atoms in total. The van der Waals surface area contributed by atoms with E-state index >= 15 is 0 Å². The summed E-state index contributed by atoms with van der Waals surface area (Å²) in [5, 5.41) is 11.0. The van der Waals surface area contributed by atoms with Crippen LogP contribution in [-0.4, -0.2) is 44.6 Å². The molecule has 6 rings (SSSR count). The van der Waals surface area contributed by atoms with Gasteiger partial charge in [-0.3, -0.25) is 4.31 Å². The van der Waals surface area contributed by atoms with Crippen molar-refractivity contribution in [3.63, 3.8) is 0 Å². The van der Waals surface area contributed by atoms with Crippen LogP contribution < -0.4 is 9.04 Å². The molecular weight excluding hydrogens is 450 g/mol. The fourth-order valence-corrected chi connectivity index (χ4v) is 6.73. The van der Waals surface area contributed by atoms with Gasteiger partial charge in [-0.1, -0.05) is 12.1 Å². The summed E-state index contributed by atoms with van der Waals surface area (Å²) in [5.74, 6) is 0.980. The van der Waals surface area contributed by atoms with Crippen molar-refractivity contribution in [1.82, 2.24) is 4.57 Å². The molecule has 3 heterocycles. The summed E-state index contributed by atoms with van der Waals surface area (Å²) < 4.78 is 40.1. The first-order chi connectivity index (χ1) is 16.5. The highest BCUT2D eigenvalue weighted by Crippen LogP contribution is 2.45. The Labute approximate surface area is 199 Å². The number of nitriles is 1. The smallest absolute Gasteiger partial charge is 0.235 e. The van der Waals surface area contributed by atoms with Crippen molar-refractivity contribution in [2.75, 3.05) is 29.8 Å². The summed E-state index contributed by atoms with van der Waals surface area (Å²) in [6, 6.07) is 16.3. The summed E-state index contributed by atoms with van der Waals surface area (Å²) >= 11 is 0. The molecule has 3 aliphatic rings. The van der Waals surface area contributed by atoms with Gasteiger partial charge in [-0.15, -0.1) is 0 Å². The van der Waals surface area contributed by atoms with Gasteiger partial charge in [0.15, 0.2) is 0 Å². The maximum absolute atomic E-state index is 12.3. The van der Waals surface area contributed by atoms with E-state index < -0.39 is 10.0 Å². The fourth-order valence-electron chi connectivity index (χ4n) is 5.17. The molecule has 3 aromatic rings. The highest BCUT2D eigenvalue weighted by molar-refractivity contribution is 7.93. The molecule has 1 unspecified atom stereocenters. The Bertz CT molecular complexity index is 1380. The Hall–Kier alpha value is -3.02. The van der Waals surface area contributed by atoms with Crippen molar-refractivity contribution in [2.24, 2.45) is 0 Å². The van der Waals surface area contributed by atoms with E-state index in [-0.39, 0.29) is 11.9 Å². The number of sulfonamides is 1. The Morgan fingerprint density at radius 1 is 1.09 bits per heavy atom. The molecule has 2 saturated heterocycles. The Balaban J connectivity index is 1.39. The number of hydrogen-bond acceptors (Lipinski definition) is 5. The van der Waals surface area contributed by atoms with Gasteiger partial charge in [-0.2, -0.15) is 5.26 Å². The van der Waals surface area contributed by atoms with Crippen LogP contribution in [-0.2, 0) is 14.8 Å². The topological polar surface area (TPSA) is 84.6 Å². The predicted octanol–water partition coefficient (Wildman–Crippen LogP) is 4.61. The molecule has 2 aromatic carbocycles. The lowest BCUT2D eigenvalue weighted by Crippen LogP contribution is -2.24. The van der Waals surface area contributed by atoms with Gasteiger partial charge in [0.2, 0.25) is 10.0 Å². The number of nitrogens with zero attached hydrogens (tertiary/aromatic N) is 3. The van der Waals surface area contributed by atoms with Gasteiger partial charge in [0, 0.05) is 30.6 Å². The molecule has 3 fully saturated rings. The number of benzene rings is 2. The van der Waals surface area contributed by atoms with Crippen molar-refractivity contribution in [1.29, 1.82) is 5.26 Å². The summed E-state index contributed by atoms with van der Waals surface area (Å²) in [6.07, 6.45) is 5.05. The average Bonchev–Trinajstić information content (AvgIpc) is 3.26. The van der Waals surface area contributed by atoms with Crippen LogP contribution in [0, 0.1) is 11.3 Å². The number of anilines is 1. The van der Waals surface area contributed by atoms with Crippen molar-refractivity contribution in [2.45, 2.75) is 44.2 Å². The molecule has 34 heavy (non-hydrogen) atoms. The van der Waals surface area contributed by atoms with Gasteiger partial charge in [0.25, 0.3) is 0 Å². The summed E-state index contributed by atoms with van der Waals surface area (Å²) in [6.45, 7) is 1.85. The van der Waals surface area contributed by atoms with E-state index in [1.165, 1.54) is 4.31 Å². The van der Waals surface area contributed by atoms with E-state index in [2.05, 4.69) is 10.6 Å². The standard InChI is InChI=1S/C26H27N3O4S/c27-16-24-23-11-10-21(33-17-22-3-1-13-32-22)15-25(23)29(20-8-9-20)26(24)18-4-6-19(7-5-18)28-12-2-14-34(28,30)31/h4-7,10-11,15,20,22H,1-3,8-9,12-14,17H2. The first-order valence-electron chi connectivity index (χ1n) is 12.0. The van der Waals surface area contributed by atoms with Crippen LogP contribution in [0.4, 0.5) is 5.69 Å². The van der Waals surface area contributed by atoms with Crippen molar-refractivity contribution >= 4 is 26.6 Å². The molecule has 1 aromatic heterocycles. The lowest BCUT2D eigenvalue weighted by molar-refractivity contribution is 0.0680. The summed E-state index contributed by atoms with van der Waals surface area (Å²) in [5.41, 5.74) is 4.15. The van der Waals surface area contributed by atoms with E-state index in [0.29, 0.717) is 36.9 Å². The molecule has 1 atom stereocenters. The van der Waals surface area contributed by atoms with Gasteiger partial charge < -0.3 is 14.0 Å². The number of hydrogen-bond donors (Lipinski definition) is 0. The first kappa shape index (κ1) is 21.5. The van der Waals surface area contributed by atoms with Crippen LogP contribution in [0.3, 0.4) is 0 Å². The molecule has 1 saturated carbocycles. The second kappa shape index (κ2) is 8.33. The minimum absolute atomic E-state index is 0.147. The van der Waals surface area contributed by atoms with Gasteiger partial charge in [-0.25, -0.2) is 8.42 Å². The first-order valence-corrected chi connectivity index (χ1v) is 13.6. The quantitative estimate of drug-likeness (QED) is 0.518. The molecule has 8 heteroatoms. The Morgan fingerprint density at radius 3 is 2.56 bits per heavy atom. The van der Waals surface area contributed by atoms with E-state index in [1.54, 1.807) is 0 Å². The molecule has 0 amide bonds. The molecule has 2 aliphatic heterocycles. The second-order valence-corrected chi connectivity index (χ2v) is 11.4. The molecular formula is C26H27N3O4S. The maximum Gasteiger partial charge on any atom is 0.235 e. The number of aromatic nitrogens is 1. The monoisotopic (exact) mass is 477 g/mol. The largest absolute Gasteiger partial charge is 0.491 e. The lowest BCUT2D eigenvalue weighted by Gasteiger charge is -2.17.